The topological polar surface area (TPSA) is 25.8 Å². The van der Waals surface area contributed by atoms with E-state index in [0.29, 0.717) is 5.92 Å². The van der Waals surface area contributed by atoms with Crippen molar-refractivity contribution in [1.29, 1.82) is 0 Å². The van der Waals surface area contributed by atoms with Gasteiger partial charge in [0.2, 0.25) is 0 Å². The van der Waals surface area contributed by atoms with E-state index in [4.69, 9.17) is 0 Å². The summed E-state index contributed by atoms with van der Waals surface area (Å²) in [6.45, 7) is 4.50. The molecule has 1 heterocycles. The van der Waals surface area contributed by atoms with Crippen molar-refractivity contribution in [3.8, 4) is 0 Å². The van der Waals surface area contributed by atoms with Crippen molar-refractivity contribution in [2.75, 3.05) is 0 Å². The lowest BCUT2D eigenvalue weighted by Gasteiger charge is -2.06. The van der Waals surface area contributed by atoms with Gasteiger partial charge in [-0.1, -0.05) is 13.8 Å². The zero-order chi connectivity index (χ0) is 7.84. The van der Waals surface area contributed by atoms with E-state index in [2.05, 4.69) is 30.1 Å². The Hall–Kier alpha value is -0.920. The zero-order valence-corrected chi connectivity index (χ0v) is 6.91. The molecule has 1 aromatic rings. The summed E-state index contributed by atoms with van der Waals surface area (Å²) >= 11 is 0. The summed E-state index contributed by atoms with van der Waals surface area (Å²) in [6, 6.07) is 2.09. The minimum atomic E-state index is 0.596. The molecule has 0 radical (unpaired) electrons. The molecule has 2 heteroatoms. The summed E-state index contributed by atoms with van der Waals surface area (Å²) in [5, 5.41) is 8.03. The van der Waals surface area contributed by atoms with Gasteiger partial charge in [0.1, 0.15) is 0 Å². The molecule has 2 rings (SSSR count). The van der Waals surface area contributed by atoms with Crippen LogP contribution < -0.4 is 0 Å². The number of hydrogen-bond donors (Lipinski definition) is 0. The van der Waals surface area contributed by atoms with Gasteiger partial charge in [-0.3, -0.25) is 0 Å². The fraction of sp³-hybridized carbons (Fsp3) is 0.556. The average Bonchev–Trinajstić information content (AvgIpc) is 2.30. The Morgan fingerprint density at radius 2 is 2.27 bits per heavy atom. The van der Waals surface area contributed by atoms with Gasteiger partial charge >= 0.3 is 0 Å². The molecule has 2 nitrogen and oxygen atoms in total. The van der Waals surface area contributed by atoms with E-state index < -0.39 is 0 Å². The van der Waals surface area contributed by atoms with Crippen LogP contribution in [0.1, 0.15) is 31.0 Å². The Morgan fingerprint density at radius 3 is 3.00 bits per heavy atom. The van der Waals surface area contributed by atoms with Crippen LogP contribution in [0.4, 0.5) is 0 Å². The van der Waals surface area contributed by atoms with Gasteiger partial charge in [0.15, 0.2) is 0 Å². The van der Waals surface area contributed by atoms with Crippen LogP contribution in [0.2, 0.25) is 0 Å². The Balaban J connectivity index is 2.47. The fourth-order valence-electron chi connectivity index (χ4n) is 1.72. The van der Waals surface area contributed by atoms with E-state index in [9.17, 15) is 0 Å². The van der Waals surface area contributed by atoms with E-state index in [1.165, 1.54) is 17.7 Å². The molecule has 0 saturated heterocycles. The van der Waals surface area contributed by atoms with Crippen LogP contribution in [0.3, 0.4) is 0 Å². The molecular weight excluding hydrogens is 136 g/mol. The smallest absolute Gasteiger partial charge is 0.0693 e. The highest BCUT2D eigenvalue weighted by molar-refractivity contribution is 5.27. The highest BCUT2D eigenvalue weighted by Crippen LogP contribution is 2.34. The van der Waals surface area contributed by atoms with Crippen molar-refractivity contribution >= 4 is 0 Å². The zero-order valence-electron chi connectivity index (χ0n) is 6.91. The monoisotopic (exact) mass is 148 g/mol. The standard InChI is InChI=1S/C9H12N2/c1-6-5-8-3-4-10-11-9(8)7(6)2/h3-4,6-7H,5H2,1-2H3. The lowest BCUT2D eigenvalue weighted by molar-refractivity contribution is 0.523. The van der Waals surface area contributed by atoms with Crippen LogP contribution >= 0.6 is 0 Å². The van der Waals surface area contributed by atoms with E-state index in [1.54, 1.807) is 6.20 Å². The third kappa shape index (κ3) is 0.934. The van der Waals surface area contributed by atoms with Gasteiger partial charge in [0.25, 0.3) is 0 Å². The Labute approximate surface area is 66.7 Å². The van der Waals surface area contributed by atoms with E-state index in [-0.39, 0.29) is 0 Å². The second-order valence-corrected chi connectivity index (χ2v) is 3.41. The predicted molar refractivity (Wildman–Crippen MR) is 43.3 cm³/mol. The van der Waals surface area contributed by atoms with Crippen molar-refractivity contribution in [3.63, 3.8) is 0 Å². The normalized spacial score (nSPS) is 28.5. The van der Waals surface area contributed by atoms with Crippen molar-refractivity contribution in [2.24, 2.45) is 5.92 Å². The number of hydrogen-bond acceptors (Lipinski definition) is 2. The van der Waals surface area contributed by atoms with Crippen LogP contribution in [-0.2, 0) is 6.42 Å². The molecule has 0 amide bonds. The summed E-state index contributed by atoms with van der Waals surface area (Å²) in [5.74, 6) is 1.33. The Kier molecular flexibility index (Phi) is 1.41. The van der Waals surface area contributed by atoms with Crippen LogP contribution in [0.5, 0.6) is 0 Å². The summed E-state index contributed by atoms with van der Waals surface area (Å²) in [5.41, 5.74) is 2.60. The molecule has 0 saturated carbocycles. The summed E-state index contributed by atoms with van der Waals surface area (Å²) < 4.78 is 0. The minimum Gasteiger partial charge on any atom is -0.159 e. The van der Waals surface area contributed by atoms with Gasteiger partial charge < -0.3 is 0 Å². The van der Waals surface area contributed by atoms with E-state index >= 15 is 0 Å². The quantitative estimate of drug-likeness (QED) is 0.560. The molecule has 1 aliphatic rings. The van der Waals surface area contributed by atoms with Gasteiger partial charge in [0.05, 0.1) is 5.69 Å². The maximum Gasteiger partial charge on any atom is 0.0693 e. The average molecular weight is 148 g/mol. The molecular formula is C9H12N2. The molecule has 2 atom stereocenters. The molecule has 0 aromatic carbocycles. The number of rotatable bonds is 0. The van der Waals surface area contributed by atoms with Crippen LogP contribution in [-0.4, -0.2) is 10.2 Å². The van der Waals surface area contributed by atoms with Crippen molar-refractivity contribution < 1.29 is 0 Å². The van der Waals surface area contributed by atoms with Crippen molar-refractivity contribution in [3.05, 3.63) is 23.5 Å². The lowest BCUT2D eigenvalue weighted by atomic mass is 10.00. The van der Waals surface area contributed by atoms with Crippen LogP contribution in [0.25, 0.3) is 0 Å². The molecule has 0 N–H and O–H groups in total. The van der Waals surface area contributed by atoms with Gasteiger partial charge in [-0.15, -0.1) is 0 Å². The Bertz CT molecular complexity index is 270. The van der Waals surface area contributed by atoms with Crippen LogP contribution in [0.15, 0.2) is 12.3 Å². The molecule has 1 aromatic heterocycles. The number of fused-ring (bicyclic) bond motifs is 1. The second kappa shape index (κ2) is 2.29. The molecule has 0 bridgehead atoms. The summed E-state index contributed by atoms with van der Waals surface area (Å²) in [6.07, 6.45) is 2.95. The van der Waals surface area contributed by atoms with Gasteiger partial charge in [-0.25, -0.2) is 0 Å². The predicted octanol–water partition coefficient (Wildman–Crippen LogP) is 1.77. The summed E-state index contributed by atoms with van der Waals surface area (Å²) in [4.78, 5) is 0. The molecule has 2 unspecified atom stereocenters. The lowest BCUT2D eigenvalue weighted by Crippen LogP contribution is -1.99. The highest BCUT2D eigenvalue weighted by atomic mass is 15.1. The fourth-order valence-corrected chi connectivity index (χ4v) is 1.72. The van der Waals surface area contributed by atoms with Crippen molar-refractivity contribution in [2.45, 2.75) is 26.2 Å². The van der Waals surface area contributed by atoms with Crippen molar-refractivity contribution in [1.82, 2.24) is 10.2 Å². The first-order valence-electron chi connectivity index (χ1n) is 4.09. The minimum absolute atomic E-state index is 0.596. The largest absolute Gasteiger partial charge is 0.159 e. The maximum absolute atomic E-state index is 4.14. The molecule has 58 valence electrons. The van der Waals surface area contributed by atoms with Gasteiger partial charge in [-0.05, 0) is 24.0 Å². The number of nitrogens with zero attached hydrogens (tertiary/aromatic N) is 2. The second-order valence-electron chi connectivity index (χ2n) is 3.41. The first kappa shape index (κ1) is 6.77. The third-order valence-corrected chi connectivity index (χ3v) is 2.66. The first-order valence-corrected chi connectivity index (χ1v) is 4.09. The van der Waals surface area contributed by atoms with Gasteiger partial charge in [-0.2, -0.15) is 10.2 Å². The van der Waals surface area contributed by atoms with E-state index in [1.807, 2.05) is 0 Å². The number of aromatic nitrogens is 2. The third-order valence-electron chi connectivity index (χ3n) is 2.66. The first-order chi connectivity index (χ1) is 5.29. The summed E-state index contributed by atoms with van der Waals surface area (Å²) in [7, 11) is 0. The van der Waals surface area contributed by atoms with E-state index in [0.717, 1.165) is 5.92 Å². The molecule has 0 spiro atoms. The maximum atomic E-state index is 4.14. The Morgan fingerprint density at radius 1 is 1.45 bits per heavy atom. The molecule has 0 fully saturated rings. The molecule has 11 heavy (non-hydrogen) atoms. The van der Waals surface area contributed by atoms with Crippen LogP contribution in [0, 0.1) is 5.92 Å². The molecule has 0 aliphatic heterocycles. The molecule has 1 aliphatic carbocycles. The van der Waals surface area contributed by atoms with Gasteiger partial charge in [0, 0.05) is 12.1 Å². The highest BCUT2D eigenvalue weighted by Gasteiger charge is 2.26. The SMILES string of the molecule is CC1Cc2ccnnc2C1C.